The first-order valence-corrected chi connectivity index (χ1v) is 5.58. The van der Waals surface area contributed by atoms with E-state index in [1.807, 2.05) is 0 Å². The Bertz CT molecular complexity index is 624. The van der Waals surface area contributed by atoms with Gasteiger partial charge in [0.15, 0.2) is 5.82 Å². The lowest BCUT2D eigenvalue weighted by Crippen LogP contribution is -2.03. The third kappa shape index (κ3) is 3.13. The Hall–Kier alpha value is -2.30. The lowest BCUT2D eigenvalue weighted by Gasteiger charge is -2.05. The monoisotopic (exact) mass is 264 g/mol. The molecule has 2 rings (SSSR count). The Morgan fingerprint density at radius 3 is 2.42 bits per heavy atom. The third-order valence-corrected chi connectivity index (χ3v) is 2.54. The molecule has 0 saturated carbocycles. The number of nitrogens with one attached hydrogen (secondary N) is 1. The van der Waals surface area contributed by atoms with Crippen LogP contribution >= 0.6 is 0 Å². The molecule has 0 bridgehead atoms. The van der Waals surface area contributed by atoms with Gasteiger partial charge < -0.3 is 0 Å². The van der Waals surface area contributed by atoms with E-state index in [-0.39, 0.29) is 5.69 Å². The third-order valence-electron chi connectivity index (χ3n) is 2.54. The molecule has 0 heterocycles. The zero-order valence-corrected chi connectivity index (χ0v) is 10.1. The first-order chi connectivity index (χ1) is 9.08. The van der Waals surface area contributed by atoms with Crippen LogP contribution < -0.4 is 5.43 Å². The predicted octanol–water partition coefficient (Wildman–Crippen LogP) is 3.94. The second kappa shape index (κ2) is 5.56. The summed E-state index contributed by atoms with van der Waals surface area (Å²) in [5.74, 6) is -1.84. The highest BCUT2D eigenvalue weighted by Crippen LogP contribution is 2.15. The molecule has 0 aliphatic heterocycles. The van der Waals surface area contributed by atoms with Gasteiger partial charge in [0.05, 0.1) is 11.4 Å². The number of hydrazone groups is 1. The highest BCUT2D eigenvalue weighted by atomic mass is 19.1. The van der Waals surface area contributed by atoms with Gasteiger partial charge >= 0.3 is 0 Å². The number of nitrogens with zero attached hydrogens (tertiary/aromatic N) is 1. The van der Waals surface area contributed by atoms with Gasteiger partial charge in [-0.1, -0.05) is 18.2 Å². The topological polar surface area (TPSA) is 24.4 Å². The summed E-state index contributed by atoms with van der Waals surface area (Å²) >= 11 is 0. The minimum atomic E-state index is -0.759. The van der Waals surface area contributed by atoms with Crippen molar-refractivity contribution in [2.45, 2.75) is 6.92 Å². The number of halogens is 3. The summed E-state index contributed by atoms with van der Waals surface area (Å²) in [4.78, 5) is 0. The fourth-order valence-electron chi connectivity index (χ4n) is 1.54. The molecule has 0 radical (unpaired) electrons. The van der Waals surface area contributed by atoms with E-state index in [0.29, 0.717) is 11.3 Å². The molecular formula is C14H11F3N2. The van der Waals surface area contributed by atoms with E-state index in [1.54, 1.807) is 25.1 Å². The average molecular weight is 264 g/mol. The number of benzene rings is 2. The lowest BCUT2D eigenvalue weighted by molar-refractivity contribution is 0.585. The molecule has 1 N–H and O–H groups in total. The van der Waals surface area contributed by atoms with Crippen LogP contribution in [0.3, 0.4) is 0 Å². The van der Waals surface area contributed by atoms with Gasteiger partial charge in [-0.3, -0.25) is 5.43 Å². The van der Waals surface area contributed by atoms with Crippen LogP contribution in [0.15, 0.2) is 47.6 Å². The van der Waals surface area contributed by atoms with Crippen LogP contribution in [0.5, 0.6) is 0 Å². The normalized spacial score (nSPS) is 11.5. The van der Waals surface area contributed by atoms with E-state index < -0.39 is 17.5 Å². The first kappa shape index (κ1) is 13.1. The molecule has 0 amide bonds. The van der Waals surface area contributed by atoms with E-state index >= 15 is 0 Å². The largest absolute Gasteiger partial charge is 0.275 e. The molecule has 2 aromatic carbocycles. The average Bonchev–Trinajstić information content (AvgIpc) is 2.38. The fourth-order valence-corrected chi connectivity index (χ4v) is 1.54. The lowest BCUT2D eigenvalue weighted by atomic mass is 10.1. The maximum absolute atomic E-state index is 13.5. The minimum Gasteiger partial charge on any atom is -0.275 e. The zero-order valence-electron chi connectivity index (χ0n) is 10.1. The van der Waals surface area contributed by atoms with E-state index in [0.717, 1.165) is 12.1 Å². The van der Waals surface area contributed by atoms with Crippen LogP contribution in [-0.4, -0.2) is 5.71 Å². The van der Waals surface area contributed by atoms with Crippen LogP contribution in [0.1, 0.15) is 12.5 Å². The van der Waals surface area contributed by atoms with Crippen LogP contribution in [0.4, 0.5) is 18.9 Å². The molecule has 0 saturated heterocycles. The molecule has 0 spiro atoms. The van der Waals surface area contributed by atoms with Crippen molar-refractivity contribution in [1.29, 1.82) is 0 Å². The Morgan fingerprint density at radius 1 is 1.00 bits per heavy atom. The summed E-state index contributed by atoms with van der Waals surface area (Å²) in [6, 6.07) is 9.21. The summed E-state index contributed by atoms with van der Waals surface area (Å²) in [6.45, 7) is 1.59. The Labute approximate surface area is 108 Å². The van der Waals surface area contributed by atoms with E-state index in [4.69, 9.17) is 0 Å². The van der Waals surface area contributed by atoms with Crippen molar-refractivity contribution in [3.63, 3.8) is 0 Å². The molecule has 5 heteroatoms. The van der Waals surface area contributed by atoms with Crippen LogP contribution in [0.25, 0.3) is 0 Å². The summed E-state index contributed by atoms with van der Waals surface area (Å²) in [6.07, 6.45) is 0. The minimum absolute atomic E-state index is 0.0251. The van der Waals surface area contributed by atoms with E-state index in [1.165, 1.54) is 12.1 Å². The maximum atomic E-state index is 13.5. The molecule has 19 heavy (non-hydrogen) atoms. The summed E-state index contributed by atoms with van der Waals surface area (Å²) in [7, 11) is 0. The first-order valence-electron chi connectivity index (χ1n) is 5.58. The summed E-state index contributed by atoms with van der Waals surface area (Å²) in [5.41, 5.74) is 3.15. The van der Waals surface area contributed by atoms with Crippen LogP contribution in [-0.2, 0) is 0 Å². The van der Waals surface area contributed by atoms with Gasteiger partial charge in [0.25, 0.3) is 0 Å². The SMILES string of the molecule is C/C(=N/Nc1ccc(F)cc1F)c1ccccc1F. The van der Waals surface area contributed by atoms with E-state index in [9.17, 15) is 13.2 Å². The molecule has 2 nitrogen and oxygen atoms in total. The zero-order chi connectivity index (χ0) is 13.8. The van der Waals surface area contributed by atoms with Crippen molar-refractivity contribution >= 4 is 11.4 Å². The smallest absolute Gasteiger partial charge is 0.151 e. The predicted molar refractivity (Wildman–Crippen MR) is 68.6 cm³/mol. The number of anilines is 1. The maximum Gasteiger partial charge on any atom is 0.151 e. The van der Waals surface area contributed by atoms with Crippen molar-refractivity contribution in [3.05, 3.63) is 65.5 Å². The number of hydrogen-bond acceptors (Lipinski definition) is 2. The molecular weight excluding hydrogens is 253 g/mol. The highest BCUT2D eigenvalue weighted by molar-refractivity contribution is 5.99. The molecule has 0 aliphatic carbocycles. The standard InChI is InChI=1S/C14H11F3N2/c1-9(11-4-2-3-5-12(11)16)18-19-14-7-6-10(15)8-13(14)17/h2-8,19H,1H3/b18-9-. The Morgan fingerprint density at radius 2 is 1.74 bits per heavy atom. The Balaban J connectivity index is 2.21. The molecule has 0 aliphatic rings. The van der Waals surface area contributed by atoms with Crippen molar-refractivity contribution < 1.29 is 13.2 Å². The van der Waals surface area contributed by atoms with Gasteiger partial charge in [-0.25, -0.2) is 13.2 Å². The second-order valence-corrected chi connectivity index (χ2v) is 3.91. The molecule has 98 valence electrons. The Kier molecular flexibility index (Phi) is 3.85. The number of hydrogen-bond donors (Lipinski definition) is 1. The molecule has 0 aromatic heterocycles. The van der Waals surface area contributed by atoms with Crippen molar-refractivity contribution in [1.82, 2.24) is 0 Å². The molecule has 0 atom stereocenters. The summed E-state index contributed by atoms with van der Waals surface area (Å²) < 4.78 is 39.5. The van der Waals surface area contributed by atoms with Crippen LogP contribution in [0, 0.1) is 17.5 Å². The quantitative estimate of drug-likeness (QED) is 0.659. The van der Waals surface area contributed by atoms with Gasteiger partial charge in [0, 0.05) is 11.6 Å². The van der Waals surface area contributed by atoms with Gasteiger partial charge in [-0.15, -0.1) is 0 Å². The molecule has 2 aromatic rings. The molecule has 0 fully saturated rings. The molecule has 0 unspecified atom stereocenters. The van der Waals surface area contributed by atoms with Gasteiger partial charge in [0.2, 0.25) is 0 Å². The van der Waals surface area contributed by atoms with Gasteiger partial charge in [0.1, 0.15) is 11.6 Å². The van der Waals surface area contributed by atoms with Gasteiger partial charge in [-0.2, -0.15) is 5.10 Å². The fraction of sp³-hybridized carbons (Fsp3) is 0.0714. The van der Waals surface area contributed by atoms with Gasteiger partial charge in [-0.05, 0) is 25.1 Å². The van der Waals surface area contributed by atoms with Crippen molar-refractivity contribution in [3.8, 4) is 0 Å². The highest BCUT2D eigenvalue weighted by Gasteiger charge is 2.05. The van der Waals surface area contributed by atoms with Crippen molar-refractivity contribution in [2.75, 3.05) is 5.43 Å². The number of rotatable bonds is 3. The second-order valence-electron chi connectivity index (χ2n) is 3.91. The van der Waals surface area contributed by atoms with E-state index in [2.05, 4.69) is 10.5 Å². The van der Waals surface area contributed by atoms with Crippen LogP contribution in [0.2, 0.25) is 0 Å². The summed E-state index contributed by atoms with van der Waals surface area (Å²) in [5, 5.41) is 3.88. The van der Waals surface area contributed by atoms with Crippen molar-refractivity contribution in [2.24, 2.45) is 5.10 Å².